The molecule has 174 valence electrons. The highest BCUT2D eigenvalue weighted by atomic mass is 16.5. The minimum Gasteiger partial charge on any atom is -0.378 e. The van der Waals surface area contributed by atoms with Crippen molar-refractivity contribution in [3.8, 4) is 0 Å². The van der Waals surface area contributed by atoms with Gasteiger partial charge in [0, 0.05) is 64.6 Å². The molecule has 0 aromatic carbocycles. The van der Waals surface area contributed by atoms with Gasteiger partial charge in [0.05, 0.1) is 18.6 Å². The van der Waals surface area contributed by atoms with E-state index in [-0.39, 0.29) is 5.41 Å². The number of likely N-dealkylation sites (N-methyl/N-ethyl adjacent to an activating group) is 1. The Hall–Kier alpha value is -1.96. The van der Waals surface area contributed by atoms with E-state index >= 15 is 0 Å². The van der Waals surface area contributed by atoms with Gasteiger partial charge in [0.1, 0.15) is 5.82 Å². The summed E-state index contributed by atoms with van der Waals surface area (Å²) in [5.74, 6) is 1.43. The summed E-state index contributed by atoms with van der Waals surface area (Å²) in [5, 5.41) is 0. The monoisotopic (exact) mass is 439 g/mol. The Bertz CT molecular complexity index is 814. The smallest absolute Gasteiger partial charge is 0.230 e. The van der Waals surface area contributed by atoms with E-state index in [0.29, 0.717) is 11.9 Å². The van der Waals surface area contributed by atoms with Crippen LogP contribution in [0.3, 0.4) is 0 Å². The van der Waals surface area contributed by atoms with Crippen LogP contribution in [-0.4, -0.2) is 97.7 Å². The number of pyridine rings is 1. The van der Waals surface area contributed by atoms with Crippen LogP contribution >= 0.6 is 0 Å². The van der Waals surface area contributed by atoms with E-state index in [1.807, 2.05) is 6.20 Å². The summed E-state index contributed by atoms with van der Waals surface area (Å²) in [5.41, 5.74) is 0.967. The predicted octanol–water partition coefficient (Wildman–Crippen LogP) is 1.99. The van der Waals surface area contributed by atoms with Crippen LogP contribution in [0.5, 0.6) is 0 Å². The molecule has 0 radical (unpaired) electrons. The fraction of sp³-hybridized carbons (Fsp3) is 0.680. The Morgan fingerprint density at radius 2 is 1.94 bits per heavy atom. The highest BCUT2D eigenvalue weighted by molar-refractivity contribution is 5.84. The molecule has 4 aliphatic rings. The maximum Gasteiger partial charge on any atom is 0.230 e. The molecule has 1 aliphatic carbocycles. The zero-order valence-electron chi connectivity index (χ0n) is 19.4. The summed E-state index contributed by atoms with van der Waals surface area (Å²) in [6.45, 7) is 8.80. The molecule has 32 heavy (non-hydrogen) atoms. The summed E-state index contributed by atoms with van der Waals surface area (Å²) in [6, 6.07) is 4.67. The number of aromatic nitrogens is 1. The molecule has 0 bridgehead atoms. The van der Waals surface area contributed by atoms with Crippen LogP contribution in [0.15, 0.2) is 30.5 Å². The number of carbonyl (C=O) groups is 1. The van der Waals surface area contributed by atoms with Crippen molar-refractivity contribution in [2.75, 3.05) is 71.0 Å². The SMILES string of the molecule is CN1CCN(C(=O)[C@@]23CC=CCN(Cc4ccc(N5CCOCC5)nc4)[C@@H]2CCC3)CC1. The third-order valence-corrected chi connectivity index (χ3v) is 7.91. The van der Waals surface area contributed by atoms with E-state index in [4.69, 9.17) is 9.72 Å². The lowest BCUT2D eigenvalue weighted by molar-refractivity contribution is -0.146. The number of anilines is 1. The number of rotatable bonds is 4. The van der Waals surface area contributed by atoms with Crippen molar-refractivity contribution in [1.82, 2.24) is 19.7 Å². The van der Waals surface area contributed by atoms with Gasteiger partial charge in [-0.15, -0.1) is 0 Å². The molecule has 1 amide bonds. The Morgan fingerprint density at radius 1 is 1.12 bits per heavy atom. The van der Waals surface area contributed by atoms with Gasteiger partial charge in [0.25, 0.3) is 0 Å². The molecule has 1 saturated carbocycles. The lowest BCUT2D eigenvalue weighted by Gasteiger charge is -2.43. The molecule has 3 aliphatic heterocycles. The van der Waals surface area contributed by atoms with Gasteiger partial charge in [-0.25, -0.2) is 4.98 Å². The number of nitrogens with zero attached hydrogens (tertiary/aromatic N) is 5. The highest BCUT2D eigenvalue weighted by Crippen LogP contribution is 2.47. The number of carbonyl (C=O) groups excluding carboxylic acids is 1. The maximum atomic E-state index is 13.9. The van der Waals surface area contributed by atoms with Crippen molar-refractivity contribution >= 4 is 11.7 Å². The second kappa shape index (κ2) is 9.49. The van der Waals surface area contributed by atoms with E-state index in [0.717, 1.165) is 97.1 Å². The summed E-state index contributed by atoms with van der Waals surface area (Å²) < 4.78 is 5.46. The number of fused-ring (bicyclic) bond motifs is 1. The van der Waals surface area contributed by atoms with Gasteiger partial charge in [0.2, 0.25) is 5.91 Å². The van der Waals surface area contributed by atoms with Crippen LogP contribution in [0.2, 0.25) is 0 Å². The van der Waals surface area contributed by atoms with Crippen molar-refractivity contribution in [2.24, 2.45) is 5.41 Å². The van der Waals surface area contributed by atoms with Crippen molar-refractivity contribution in [3.63, 3.8) is 0 Å². The van der Waals surface area contributed by atoms with Gasteiger partial charge in [-0.1, -0.05) is 24.6 Å². The summed E-state index contributed by atoms with van der Waals surface area (Å²) in [4.78, 5) is 27.9. The number of hydrogen-bond acceptors (Lipinski definition) is 6. The first kappa shape index (κ1) is 21.9. The maximum absolute atomic E-state index is 13.9. The topological polar surface area (TPSA) is 52.2 Å². The Balaban J connectivity index is 1.31. The molecule has 0 N–H and O–H groups in total. The fourth-order valence-corrected chi connectivity index (χ4v) is 6.01. The van der Waals surface area contributed by atoms with Crippen molar-refractivity contribution in [2.45, 2.75) is 38.3 Å². The molecule has 5 rings (SSSR count). The molecule has 1 aromatic rings. The zero-order valence-corrected chi connectivity index (χ0v) is 19.4. The zero-order chi connectivity index (χ0) is 22.0. The second-order valence-electron chi connectivity index (χ2n) is 9.89. The first-order chi connectivity index (χ1) is 15.7. The number of piperazine rings is 1. The Morgan fingerprint density at radius 3 is 2.69 bits per heavy atom. The van der Waals surface area contributed by atoms with Gasteiger partial charge in [-0.2, -0.15) is 0 Å². The van der Waals surface area contributed by atoms with Gasteiger partial charge < -0.3 is 19.4 Å². The normalized spacial score (nSPS) is 29.7. The Kier molecular flexibility index (Phi) is 6.49. The summed E-state index contributed by atoms with van der Waals surface area (Å²) in [7, 11) is 2.15. The molecule has 1 aromatic heterocycles. The molecule has 0 spiro atoms. The van der Waals surface area contributed by atoms with E-state index < -0.39 is 0 Å². The average Bonchev–Trinajstić information content (AvgIpc) is 3.19. The van der Waals surface area contributed by atoms with Gasteiger partial charge >= 0.3 is 0 Å². The first-order valence-electron chi connectivity index (χ1n) is 12.3. The molecular weight excluding hydrogens is 402 g/mol. The largest absolute Gasteiger partial charge is 0.378 e. The van der Waals surface area contributed by atoms with Crippen LogP contribution in [0.25, 0.3) is 0 Å². The molecule has 7 heteroatoms. The number of allylic oxidation sites excluding steroid dienone is 1. The molecular formula is C25H37N5O2. The van der Waals surface area contributed by atoms with Gasteiger partial charge in [-0.3, -0.25) is 9.69 Å². The molecule has 3 fully saturated rings. The minimum absolute atomic E-state index is 0.260. The molecule has 2 saturated heterocycles. The van der Waals surface area contributed by atoms with Crippen molar-refractivity contribution in [3.05, 3.63) is 36.0 Å². The van der Waals surface area contributed by atoms with E-state index in [2.05, 4.69) is 50.9 Å². The fourth-order valence-electron chi connectivity index (χ4n) is 6.01. The number of hydrogen-bond donors (Lipinski definition) is 0. The Labute approximate surface area is 192 Å². The van der Waals surface area contributed by atoms with E-state index in [1.54, 1.807) is 0 Å². The number of ether oxygens (including phenoxy) is 1. The molecule has 7 nitrogen and oxygen atoms in total. The first-order valence-corrected chi connectivity index (χ1v) is 12.3. The standard InChI is InChI=1S/C25H37N5O2/c1-27-11-13-29(14-12-27)24(31)25-8-2-3-10-30(22(25)5-4-9-25)20-21-6-7-23(26-19-21)28-15-17-32-18-16-28/h2-3,6-7,19,22H,4-5,8-18,20H2,1H3/t22-,25-/m1/s1. The third-order valence-electron chi connectivity index (χ3n) is 7.91. The van der Waals surface area contributed by atoms with E-state index in [9.17, 15) is 4.79 Å². The lowest BCUT2D eigenvalue weighted by atomic mass is 9.77. The predicted molar refractivity (Wildman–Crippen MR) is 126 cm³/mol. The third kappa shape index (κ3) is 4.30. The summed E-state index contributed by atoms with van der Waals surface area (Å²) >= 11 is 0. The van der Waals surface area contributed by atoms with Crippen LogP contribution < -0.4 is 4.90 Å². The molecule has 2 atom stereocenters. The second-order valence-corrected chi connectivity index (χ2v) is 9.89. The van der Waals surface area contributed by atoms with Gasteiger partial charge in [-0.05, 0) is 37.9 Å². The molecule has 4 heterocycles. The van der Waals surface area contributed by atoms with Crippen LogP contribution in [0.4, 0.5) is 5.82 Å². The summed E-state index contributed by atoms with van der Waals surface area (Å²) in [6.07, 6.45) is 10.7. The van der Waals surface area contributed by atoms with Crippen molar-refractivity contribution in [1.29, 1.82) is 0 Å². The van der Waals surface area contributed by atoms with Crippen LogP contribution in [0, 0.1) is 5.41 Å². The number of morpholine rings is 1. The lowest BCUT2D eigenvalue weighted by Crippen LogP contribution is -2.56. The number of amides is 1. The quantitative estimate of drug-likeness (QED) is 0.669. The van der Waals surface area contributed by atoms with Crippen LogP contribution in [0.1, 0.15) is 31.2 Å². The molecule has 0 unspecified atom stereocenters. The average molecular weight is 440 g/mol. The van der Waals surface area contributed by atoms with Crippen LogP contribution in [-0.2, 0) is 16.1 Å². The highest BCUT2D eigenvalue weighted by Gasteiger charge is 2.52. The van der Waals surface area contributed by atoms with E-state index in [1.165, 1.54) is 5.56 Å². The van der Waals surface area contributed by atoms with Crippen molar-refractivity contribution < 1.29 is 9.53 Å². The van der Waals surface area contributed by atoms with Gasteiger partial charge in [0.15, 0.2) is 0 Å². The minimum atomic E-state index is -0.260.